The fourth-order valence-corrected chi connectivity index (χ4v) is 1.74. The van der Waals surface area contributed by atoms with Crippen LogP contribution in [0.15, 0.2) is 23.8 Å². The van der Waals surface area contributed by atoms with Gasteiger partial charge in [-0.2, -0.15) is 0 Å². The lowest BCUT2D eigenvalue weighted by atomic mass is 10.2. The van der Waals surface area contributed by atoms with Crippen LogP contribution in [0.25, 0.3) is 0 Å². The van der Waals surface area contributed by atoms with Crippen molar-refractivity contribution in [3.8, 4) is 0 Å². The lowest BCUT2D eigenvalue weighted by molar-refractivity contribution is -0.120. The smallest absolute Gasteiger partial charge is 0.262 e. The van der Waals surface area contributed by atoms with E-state index < -0.39 is 0 Å². The van der Waals surface area contributed by atoms with Crippen molar-refractivity contribution >= 4 is 17.6 Å². The zero-order valence-electron chi connectivity index (χ0n) is 9.44. The van der Waals surface area contributed by atoms with Gasteiger partial charge in [0, 0.05) is 17.3 Å². The lowest BCUT2D eigenvalue weighted by Gasteiger charge is -2.14. The van der Waals surface area contributed by atoms with Crippen LogP contribution in [-0.4, -0.2) is 16.8 Å². The molecule has 2 heterocycles. The highest BCUT2D eigenvalue weighted by molar-refractivity contribution is 6.29. The third-order valence-corrected chi connectivity index (χ3v) is 2.41. The highest BCUT2D eigenvalue weighted by atomic mass is 16.2. The second-order valence-electron chi connectivity index (χ2n) is 3.95. The summed E-state index contributed by atoms with van der Waals surface area (Å²) in [7, 11) is 0. The lowest BCUT2D eigenvalue weighted by Crippen LogP contribution is -2.31. The number of aromatic nitrogens is 1. The van der Waals surface area contributed by atoms with Gasteiger partial charge in [0.15, 0.2) is 0 Å². The van der Waals surface area contributed by atoms with Crippen LogP contribution >= 0.6 is 0 Å². The van der Waals surface area contributed by atoms with Crippen molar-refractivity contribution in [2.24, 2.45) is 0 Å². The number of carbonyl (C=O) groups excluding carboxylic acids is 2. The average Bonchev–Trinajstić information content (AvgIpc) is 2.39. The molecular weight excluding hydrogens is 204 g/mol. The van der Waals surface area contributed by atoms with E-state index in [4.69, 9.17) is 0 Å². The number of imide groups is 1. The maximum absolute atomic E-state index is 11.7. The molecule has 16 heavy (non-hydrogen) atoms. The van der Waals surface area contributed by atoms with Gasteiger partial charge in [0.05, 0.1) is 0 Å². The second-order valence-corrected chi connectivity index (χ2v) is 3.95. The van der Waals surface area contributed by atoms with E-state index in [0.717, 1.165) is 16.2 Å². The molecule has 1 aromatic heterocycles. The van der Waals surface area contributed by atoms with E-state index in [-0.39, 0.29) is 11.8 Å². The fourth-order valence-electron chi connectivity index (χ4n) is 1.74. The molecule has 0 bridgehead atoms. The van der Waals surface area contributed by atoms with Crippen LogP contribution in [0, 0.1) is 13.8 Å². The number of aryl methyl sites for hydroxylation is 2. The Hall–Kier alpha value is -1.97. The summed E-state index contributed by atoms with van der Waals surface area (Å²) in [5.74, 6) is -0.205. The molecule has 0 radical (unpaired) electrons. The van der Waals surface area contributed by atoms with Crippen molar-refractivity contribution in [2.75, 3.05) is 4.90 Å². The molecule has 1 aliphatic rings. The van der Waals surface area contributed by atoms with E-state index in [2.05, 4.69) is 4.98 Å². The summed E-state index contributed by atoms with van der Waals surface area (Å²) in [6.07, 6.45) is 1.34. The Kier molecular flexibility index (Phi) is 2.34. The minimum Gasteiger partial charge on any atom is -0.269 e. The first-order valence-electron chi connectivity index (χ1n) is 5.01. The van der Waals surface area contributed by atoms with Gasteiger partial charge in [-0.05, 0) is 38.5 Å². The van der Waals surface area contributed by atoms with E-state index in [9.17, 15) is 9.59 Å². The molecule has 0 spiro atoms. The maximum atomic E-state index is 11.7. The van der Waals surface area contributed by atoms with Crippen LogP contribution in [-0.2, 0) is 9.59 Å². The number of nitrogens with zero attached hydrogens (tertiary/aromatic N) is 2. The van der Waals surface area contributed by atoms with Gasteiger partial charge in [0.1, 0.15) is 5.82 Å². The molecule has 0 N–H and O–H groups in total. The van der Waals surface area contributed by atoms with Crippen molar-refractivity contribution in [1.29, 1.82) is 0 Å². The third-order valence-electron chi connectivity index (χ3n) is 2.41. The van der Waals surface area contributed by atoms with Crippen molar-refractivity contribution in [3.05, 3.63) is 35.0 Å². The molecule has 0 fully saturated rings. The van der Waals surface area contributed by atoms with Gasteiger partial charge in [-0.25, -0.2) is 9.88 Å². The van der Waals surface area contributed by atoms with Crippen LogP contribution in [0.4, 0.5) is 5.82 Å². The Balaban J connectivity index is 2.46. The van der Waals surface area contributed by atoms with E-state index >= 15 is 0 Å². The van der Waals surface area contributed by atoms with Crippen molar-refractivity contribution in [3.63, 3.8) is 0 Å². The summed E-state index contributed by atoms with van der Waals surface area (Å²) in [4.78, 5) is 28.7. The number of rotatable bonds is 1. The van der Waals surface area contributed by atoms with Crippen molar-refractivity contribution < 1.29 is 9.59 Å². The Morgan fingerprint density at radius 1 is 1.12 bits per heavy atom. The zero-order chi connectivity index (χ0) is 11.9. The highest BCUT2D eigenvalue weighted by Crippen LogP contribution is 2.21. The van der Waals surface area contributed by atoms with Crippen LogP contribution in [0.5, 0.6) is 0 Å². The standard InChI is InChI=1S/C12H12N2O2/c1-7-4-9(3)13-10(5-7)14-11(15)6-8(2)12(14)16/h4-6H,1-3H3. The molecule has 2 rings (SSSR count). The number of carbonyl (C=O) groups is 2. The first-order chi connectivity index (χ1) is 7.49. The fraction of sp³-hybridized carbons (Fsp3) is 0.250. The number of hydrogen-bond acceptors (Lipinski definition) is 3. The van der Waals surface area contributed by atoms with E-state index in [1.807, 2.05) is 19.9 Å². The zero-order valence-corrected chi connectivity index (χ0v) is 9.44. The number of pyridine rings is 1. The van der Waals surface area contributed by atoms with Gasteiger partial charge >= 0.3 is 0 Å². The number of anilines is 1. The monoisotopic (exact) mass is 216 g/mol. The topological polar surface area (TPSA) is 50.3 Å². The van der Waals surface area contributed by atoms with Gasteiger partial charge in [-0.15, -0.1) is 0 Å². The number of amides is 2. The summed E-state index contributed by atoms with van der Waals surface area (Å²) in [6, 6.07) is 3.63. The number of hydrogen-bond donors (Lipinski definition) is 0. The third kappa shape index (κ3) is 1.62. The van der Waals surface area contributed by atoms with E-state index in [1.54, 1.807) is 13.0 Å². The van der Waals surface area contributed by atoms with Crippen LogP contribution in [0.2, 0.25) is 0 Å². The molecule has 0 atom stereocenters. The summed E-state index contributed by atoms with van der Waals surface area (Å²) in [5, 5.41) is 0. The summed E-state index contributed by atoms with van der Waals surface area (Å²) in [6.45, 7) is 5.37. The molecular formula is C12H12N2O2. The Bertz CT molecular complexity index is 498. The molecule has 0 aromatic carbocycles. The Morgan fingerprint density at radius 3 is 2.31 bits per heavy atom. The Labute approximate surface area is 93.6 Å². The minimum atomic E-state index is -0.319. The molecule has 1 aromatic rings. The van der Waals surface area contributed by atoms with E-state index in [0.29, 0.717) is 11.4 Å². The highest BCUT2D eigenvalue weighted by Gasteiger charge is 2.30. The first-order valence-corrected chi connectivity index (χ1v) is 5.01. The van der Waals surface area contributed by atoms with Crippen LogP contribution in [0.3, 0.4) is 0 Å². The first kappa shape index (κ1) is 10.5. The molecule has 0 saturated heterocycles. The molecule has 4 heteroatoms. The predicted molar refractivity (Wildman–Crippen MR) is 60.0 cm³/mol. The van der Waals surface area contributed by atoms with Crippen molar-refractivity contribution in [2.45, 2.75) is 20.8 Å². The SMILES string of the molecule is CC1=CC(=O)N(c2cc(C)cc(C)n2)C1=O. The van der Waals surface area contributed by atoms with Gasteiger partial charge in [0.2, 0.25) is 0 Å². The Morgan fingerprint density at radius 2 is 1.81 bits per heavy atom. The summed E-state index contributed by atoms with van der Waals surface area (Å²) >= 11 is 0. The second kappa shape index (κ2) is 3.56. The normalized spacial score (nSPS) is 15.7. The van der Waals surface area contributed by atoms with Crippen molar-refractivity contribution in [1.82, 2.24) is 4.98 Å². The largest absolute Gasteiger partial charge is 0.269 e. The van der Waals surface area contributed by atoms with E-state index in [1.165, 1.54) is 6.08 Å². The molecule has 0 aliphatic carbocycles. The molecule has 0 unspecified atom stereocenters. The predicted octanol–water partition coefficient (Wildman–Crippen LogP) is 1.52. The van der Waals surface area contributed by atoms with Gasteiger partial charge < -0.3 is 0 Å². The van der Waals surface area contributed by atoms with Crippen LogP contribution < -0.4 is 4.90 Å². The minimum absolute atomic E-state index is 0.289. The molecule has 1 aliphatic heterocycles. The molecule has 82 valence electrons. The quantitative estimate of drug-likeness (QED) is 0.669. The van der Waals surface area contributed by atoms with Gasteiger partial charge in [0.25, 0.3) is 11.8 Å². The molecule has 0 saturated carbocycles. The van der Waals surface area contributed by atoms with Gasteiger partial charge in [-0.1, -0.05) is 0 Å². The molecule has 4 nitrogen and oxygen atoms in total. The average molecular weight is 216 g/mol. The summed E-state index contributed by atoms with van der Waals surface area (Å²) < 4.78 is 0. The van der Waals surface area contributed by atoms with Gasteiger partial charge in [-0.3, -0.25) is 9.59 Å². The van der Waals surface area contributed by atoms with Crippen LogP contribution in [0.1, 0.15) is 18.2 Å². The molecule has 2 amide bonds. The maximum Gasteiger partial charge on any atom is 0.262 e. The summed E-state index contributed by atoms with van der Waals surface area (Å²) in [5.41, 5.74) is 2.22.